The molecule has 7 nitrogen and oxygen atoms in total. The van der Waals surface area contributed by atoms with E-state index < -0.39 is 0 Å². The third-order valence-electron chi connectivity index (χ3n) is 8.69. The SMILES string of the molecule is CN(C)[C@@H]1CN(C2CCc3cccc(F)c32)C[C@H]1c1ccc(N2CCN(C(=O)C3COC3)CC2)nc1. The van der Waals surface area contributed by atoms with E-state index in [2.05, 4.69) is 47.0 Å². The number of ether oxygens (including phenoxy) is 1. The summed E-state index contributed by atoms with van der Waals surface area (Å²) in [6.45, 7) is 6.05. The minimum atomic E-state index is -0.0614. The van der Waals surface area contributed by atoms with E-state index in [1.807, 2.05) is 17.2 Å². The van der Waals surface area contributed by atoms with Gasteiger partial charge < -0.3 is 19.4 Å². The number of rotatable bonds is 5. The molecule has 3 atom stereocenters. The number of piperazine rings is 1. The van der Waals surface area contributed by atoms with Crippen molar-refractivity contribution in [2.45, 2.75) is 30.8 Å². The van der Waals surface area contributed by atoms with Crippen LogP contribution in [0.5, 0.6) is 0 Å². The summed E-state index contributed by atoms with van der Waals surface area (Å²) in [6, 6.07) is 10.4. The van der Waals surface area contributed by atoms with Crippen molar-refractivity contribution in [1.82, 2.24) is 19.7 Å². The van der Waals surface area contributed by atoms with Crippen LogP contribution < -0.4 is 4.90 Å². The molecular formula is C28H36FN5O2. The number of carbonyl (C=O) groups is 1. The van der Waals surface area contributed by atoms with E-state index in [1.165, 1.54) is 11.1 Å². The number of fused-ring (bicyclic) bond motifs is 1. The average molecular weight is 494 g/mol. The maximum Gasteiger partial charge on any atom is 0.230 e. The Morgan fingerprint density at radius 2 is 1.89 bits per heavy atom. The fraction of sp³-hybridized carbons (Fsp3) is 0.571. The first-order valence-corrected chi connectivity index (χ1v) is 13.2. The Balaban J connectivity index is 1.13. The first-order valence-electron chi connectivity index (χ1n) is 13.2. The number of benzene rings is 1. The van der Waals surface area contributed by atoms with E-state index >= 15 is 0 Å². The molecule has 1 aromatic carbocycles. The second-order valence-electron chi connectivity index (χ2n) is 11.0. The van der Waals surface area contributed by atoms with Crippen LogP contribution in [0.3, 0.4) is 0 Å². The normalized spacial score (nSPS) is 26.9. The zero-order chi connectivity index (χ0) is 24.8. The number of carbonyl (C=O) groups excluding carboxylic acids is 1. The Bertz CT molecular complexity index is 1100. The van der Waals surface area contributed by atoms with Gasteiger partial charge in [-0.1, -0.05) is 18.2 Å². The minimum Gasteiger partial charge on any atom is -0.380 e. The van der Waals surface area contributed by atoms with Crippen LogP contribution in [-0.4, -0.2) is 98.2 Å². The van der Waals surface area contributed by atoms with E-state index in [9.17, 15) is 9.18 Å². The second-order valence-corrected chi connectivity index (χ2v) is 11.0. The Morgan fingerprint density at radius 1 is 1.08 bits per heavy atom. The van der Waals surface area contributed by atoms with Gasteiger partial charge in [-0.15, -0.1) is 0 Å². The maximum atomic E-state index is 14.7. The Hall–Kier alpha value is -2.55. The number of anilines is 1. The quantitative estimate of drug-likeness (QED) is 0.638. The molecule has 0 spiro atoms. The summed E-state index contributed by atoms with van der Waals surface area (Å²) in [5.74, 6) is 1.53. The molecule has 0 bridgehead atoms. The van der Waals surface area contributed by atoms with Crippen LogP contribution in [0.15, 0.2) is 36.5 Å². The standard InChI is InChI=1S/C28H36FN5O2/c1-31(2)25-16-34(24-8-6-19-4-3-5-23(29)27(19)24)15-22(25)20-7-9-26(30-14-20)32-10-12-33(13-11-32)28(35)21-17-36-18-21/h3-5,7,9,14,21-22,24-25H,6,8,10-13,15-18H2,1-2H3/t22-,24?,25+/m0/s1. The molecular weight excluding hydrogens is 457 g/mol. The molecule has 6 rings (SSSR count). The van der Waals surface area contributed by atoms with Crippen molar-refractivity contribution in [3.05, 3.63) is 59.0 Å². The molecule has 4 heterocycles. The molecule has 1 unspecified atom stereocenters. The van der Waals surface area contributed by atoms with Gasteiger partial charge >= 0.3 is 0 Å². The molecule has 4 aliphatic rings. The van der Waals surface area contributed by atoms with Crippen LogP contribution >= 0.6 is 0 Å². The highest BCUT2D eigenvalue weighted by Gasteiger charge is 2.41. The summed E-state index contributed by atoms with van der Waals surface area (Å²) in [7, 11) is 4.28. The van der Waals surface area contributed by atoms with E-state index in [0.717, 1.165) is 63.5 Å². The van der Waals surface area contributed by atoms with Crippen LogP contribution in [0.2, 0.25) is 0 Å². The molecule has 0 radical (unpaired) electrons. The molecule has 192 valence electrons. The lowest BCUT2D eigenvalue weighted by Gasteiger charge is -2.38. The van der Waals surface area contributed by atoms with Crippen molar-refractivity contribution in [3.63, 3.8) is 0 Å². The lowest BCUT2D eigenvalue weighted by atomic mass is 9.95. The molecule has 3 saturated heterocycles. The van der Waals surface area contributed by atoms with Gasteiger partial charge in [0.1, 0.15) is 11.6 Å². The van der Waals surface area contributed by atoms with E-state index in [0.29, 0.717) is 25.2 Å². The van der Waals surface area contributed by atoms with Gasteiger partial charge in [0, 0.05) is 69.0 Å². The number of aromatic nitrogens is 1. The van der Waals surface area contributed by atoms with Crippen LogP contribution in [-0.2, 0) is 16.0 Å². The monoisotopic (exact) mass is 493 g/mol. The number of amides is 1. The molecule has 1 aromatic heterocycles. The predicted molar refractivity (Wildman–Crippen MR) is 137 cm³/mol. The van der Waals surface area contributed by atoms with Crippen molar-refractivity contribution in [3.8, 4) is 0 Å². The van der Waals surface area contributed by atoms with Gasteiger partial charge in [-0.05, 0) is 50.2 Å². The molecule has 36 heavy (non-hydrogen) atoms. The molecule has 3 fully saturated rings. The van der Waals surface area contributed by atoms with Crippen molar-refractivity contribution >= 4 is 11.7 Å². The molecule has 1 aliphatic carbocycles. The van der Waals surface area contributed by atoms with Crippen molar-refractivity contribution < 1.29 is 13.9 Å². The number of nitrogens with zero attached hydrogens (tertiary/aromatic N) is 5. The maximum absolute atomic E-state index is 14.7. The van der Waals surface area contributed by atoms with E-state index in [-0.39, 0.29) is 23.7 Å². The molecule has 2 aromatic rings. The third kappa shape index (κ3) is 4.29. The third-order valence-corrected chi connectivity index (χ3v) is 8.69. The number of likely N-dealkylation sites (N-methyl/N-ethyl adjacent to an activating group) is 1. The van der Waals surface area contributed by atoms with Crippen molar-refractivity contribution in [1.29, 1.82) is 0 Å². The van der Waals surface area contributed by atoms with Gasteiger partial charge in [-0.3, -0.25) is 9.69 Å². The van der Waals surface area contributed by atoms with Crippen LogP contribution in [0, 0.1) is 11.7 Å². The average Bonchev–Trinajstić information content (AvgIpc) is 3.49. The highest BCUT2D eigenvalue weighted by Crippen LogP contribution is 2.42. The molecule has 1 amide bonds. The van der Waals surface area contributed by atoms with Crippen molar-refractivity contribution in [2.75, 3.05) is 71.5 Å². The number of hydrogen-bond donors (Lipinski definition) is 0. The van der Waals surface area contributed by atoms with Crippen LogP contribution in [0.4, 0.5) is 10.2 Å². The predicted octanol–water partition coefficient (Wildman–Crippen LogP) is 2.53. The van der Waals surface area contributed by atoms with Gasteiger partial charge in [0.05, 0.1) is 19.1 Å². The lowest BCUT2D eigenvalue weighted by Crippen LogP contribution is -2.53. The largest absolute Gasteiger partial charge is 0.380 e. The summed E-state index contributed by atoms with van der Waals surface area (Å²) in [6.07, 6.45) is 3.98. The van der Waals surface area contributed by atoms with E-state index in [4.69, 9.17) is 9.72 Å². The Morgan fingerprint density at radius 3 is 2.56 bits per heavy atom. The highest BCUT2D eigenvalue weighted by molar-refractivity contribution is 5.80. The zero-order valence-corrected chi connectivity index (χ0v) is 21.3. The number of hydrogen-bond acceptors (Lipinski definition) is 6. The first kappa shape index (κ1) is 23.8. The zero-order valence-electron chi connectivity index (χ0n) is 21.3. The molecule has 0 saturated carbocycles. The fourth-order valence-corrected chi connectivity index (χ4v) is 6.49. The molecule has 8 heteroatoms. The smallest absolute Gasteiger partial charge is 0.230 e. The highest BCUT2D eigenvalue weighted by atomic mass is 19.1. The number of pyridine rings is 1. The second kappa shape index (κ2) is 9.72. The van der Waals surface area contributed by atoms with Gasteiger partial charge in [0.15, 0.2) is 0 Å². The van der Waals surface area contributed by atoms with Crippen LogP contribution in [0.1, 0.15) is 35.1 Å². The summed E-state index contributed by atoms with van der Waals surface area (Å²) >= 11 is 0. The Labute approximate surface area is 212 Å². The summed E-state index contributed by atoms with van der Waals surface area (Å²) in [5, 5.41) is 0. The summed E-state index contributed by atoms with van der Waals surface area (Å²) < 4.78 is 19.9. The van der Waals surface area contributed by atoms with Gasteiger partial charge in [-0.25, -0.2) is 9.37 Å². The number of halogens is 1. The Kier molecular flexibility index (Phi) is 6.44. The number of likely N-dealkylation sites (tertiary alicyclic amines) is 1. The molecule has 0 N–H and O–H groups in total. The van der Waals surface area contributed by atoms with Crippen LogP contribution in [0.25, 0.3) is 0 Å². The summed E-state index contributed by atoms with van der Waals surface area (Å²) in [5.41, 5.74) is 3.32. The first-order chi connectivity index (χ1) is 17.5. The van der Waals surface area contributed by atoms with Crippen molar-refractivity contribution in [2.24, 2.45) is 5.92 Å². The summed E-state index contributed by atoms with van der Waals surface area (Å²) in [4.78, 5) is 26.4. The van der Waals surface area contributed by atoms with Gasteiger partial charge in [0.2, 0.25) is 5.91 Å². The van der Waals surface area contributed by atoms with Gasteiger partial charge in [0.25, 0.3) is 0 Å². The number of aryl methyl sites for hydroxylation is 1. The topological polar surface area (TPSA) is 52.2 Å². The van der Waals surface area contributed by atoms with E-state index in [1.54, 1.807) is 6.07 Å². The molecule has 3 aliphatic heterocycles. The van der Waals surface area contributed by atoms with Gasteiger partial charge in [-0.2, -0.15) is 0 Å². The minimum absolute atomic E-state index is 0.0544. The lowest BCUT2D eigenvalue weighted by molar-refractivity contribution is -0.150. The fourth-order valence-electron chi connectivity index (χ4n) is 6.49.